The highest BCUT2D eigenvalue weighted by Gasteiger charge is 2.25. The molecule has 1 aliphatic rings. The fourth-order valence-corrected chi connectivity index (χ4v) is 3.23. The Morgan fingerprint density at radius 3 is 2.72 bits per heavy atom. The minimum Gasteiger partial charge on any atom is -0.399 e. The third-order valence-electron chi connectivity index (χ3n) is 4.33. The van der Waals surface area contributed by atoms with E-state index in [1.807, 2.05) is 35.6 Å². The summed E-state index contributed by atoms with van der Waals surface area (Å²) in [5.41, 5.74) is 7.07. The Labute approximate surface area is 160 Å². The number of likely N-dealkylation sites (tertiary alicyclic amines) is 1. The Kier molecular flexibility index (Phi) is 7.70. The van der Waals surface area contributed by atoms with Crippen LogP contribution in [0.5, 0.6) is 0 Å². The number of hydrogen-bond acceptors (Lipinski definition) is 4. The van der Waals surface area contributed by atoms with Crippen LogP contribution in [0.4, 0.5) is 5.69 Å². The second-order valence-corrected chi connectivity index (χ2v) is 6.27. The van der Waals surface area contributed by atoms with Gasteiger partial charge in [-0.15, -0.1) is 24.8 Å². The first-order valence-corrected chi connectivity index (χ1v) is 8.06. The highest BCUT2D eigenvalue weighted by Crippen LogP contribution is 2.21. The Hall–Kier alpha value is -1.79. The Morgan fingerprint density at radius 1 is 1.32 bits per heavy atom. The first-order valence-electron chi connectivity index (χ1n) is 8.06. The zero-order chi connectivity index (χ0) is 16.4. The first-order chi connectivity index (χ1) is 11.0. The Morgan fingerprint density at radius 2 is 2.08 bits per heavy atom. The molecule has 1 fully saturated rings. The largest absolute Gasteiger partial charge is 0.399 e. The highest BCUT2D eigenvalue weighted by atomic mass is 35.5. The number of hydrogen-bond donors (Lipinski definition) is 1. The van der Waals surface area contributed by atoms with Crippen LogP contribution in [0.15, 0.2) is 24.3 Å². The minimum atomic E-state index is 0. The maximum absolute atomic E-state index is 12.7. The highest BCUT2D eigenvalue weighted by molar-refractivity contribution is 5.95. The van der Waals surface area contributed by atoms with Gasteiger partial charge in [-0.25, -0.2) is 9.67 Å². The number of nitrogens with two attached hydrogens (primary N) is 1. The molecule has 1 atom stereocenters. The molecule has 0 spiro atoms. The van der Waals surface area contributed by atoms with Crippen LogP contribution < -0.4 is 5.73 Å². The van der Waals surface area contributed by atoms with E-state index in [0.717, 1.165) is 44.1 Å². The summed E-state index contributed by atoms with van der Waals surface area (Å²) >= 11 is 0. The van der Waals surface area contributed by atoms with E-state index in [4.69, 9.17) is 5.73 Å². The Bertz CT molecular complexity index is 719. The molecule has 2 N–H and O–H groups in total. The molecular formula is C17H25Cl2N5O. The molecule has 6 nitrogen and oxygen atoms in total. The van der Waals surface area contributed by atoms with Crippen molar-refractivity contribution in [2.45, 2.75) is 33.2 Å². The monoisotopic (exact) mass is 385 g/mol. The molecule has 1 aromatic heterocycles. The SMILES string of the molecule is Cc1nc(C)n(CC2CCCN(C(=O)c3cccc(N)c3)C2)n1.Cl.Cl. The van der Waals surface area contributed by atoms with Crippen LogP contribution in [0.1, 0.15) is 34.8 Å². The van der Waals surface area contributed by atoms with Crippen molar-refractivity contribution in [2.24, 2.45) is 5.92 Å². The van der Waals surface area contributed by atoms with Crippen molar-refractivity contribution in [3.05, 3.63) is 41.5 Å². The van der Waals surface area contributed by atoms with Crippen molar-refractivity contribution < 1.29 is 4.79 Å². The summed E-state index contributed by atoms with van der Waals surface area (Å²) in [5.74, 6) is 2.20. The van der Waals surface area contributed by atoms with E-state index >= 15 is 0 Å². The lowest BCUT2D eigenvalue weighted by atomic mass is 9.97. The smallest absolute Gasteiger partial charge is 0.253 e. The molecule has 0 saturated carbocycles. The van der Waals surface area contributed by atoms with Gasteiger partial charge in [0.1, 0.15) is 11.6 Å². The number of nitrogen functional groups attached to an aromatic ring is 1. The summed E-state index contributed by atoms with van der Waals surface area (Å²) in [6.07, 6.45) is 2.13. The number of nitrogens with zero attached hydrogens (tertiary/aromatic N) is 4. The molecule has 8 heteroatoms. The van der Waals surface area contributed by atoms with Gasteiger partial charge in [0.25, 0.3) is 5.91 Å². The molecule has 1 unspecified atom stereocenters. The Balaban J connectivity index is 0.00000156. The van der Waals surface area contributed by atoms with Crippen LogP contribution in [0, 0.1) is 19.8 Å². The van der Waals surface area contributed by atoms with Crippen molar-refractivity contribution >= 4 is 36.4 Å². The van der Waals surface area contributed by atoms with Gasteiger partial charge in [-0.05, 0) is 50.8 Å². The lowest BCUT2D eigenvalue weighted by Gasteiger charge is -2.33. The summed E-state index contributed by atoms with van der Waals surface area (Å²) in [5, 5.41) is 4.43. The summed E-state index contributed by atoms with van der Waals surface area (Å²) in [6, 6.07) is 7.20. The molecule has 0 bridgehead atoms. The van der Waals surface area contributed by atoms with Gasteiger partial charge in [-0.2, -0.15) is 5.10 Å². The number of anilines is 1. The molecule has 2 aromatic rings. The molecule has 1 amide bonds. The number of carbonyl (C=O) groups excluding carboxylic acids is 1. The molecule has 25 heavy (non-hydrogen) atoms. The molecule has 2 heterocycles. The fourth-order valence-electron chi connectivity index (χ4n) is 3.23. The van der Waals surface area contributed by atoms with E-state index < -0.39 is 0 Å². The number of piperidine rings is 1. The van der Waals surface area contributed by atoms with Crippen molar-refractivity contribution in [3.8, 4) is 0 Å². The van der Waals surface area contributed by atoms with Crippen molar-refractivity contribution in [1.29, 1.82) is 0 Å². The maximum atomic E-state index is 12.7. The summed E-state index contributed by atoms with van der Waals surface area (Å²) in [7, 11) is 0. The second kappa shape index (κ2) is 9.06. The van der Waals surface area contributed by atoms with Gasteiger partial charge in [0.15, 0.2) is 0 Å². The number of amides is 1. The number of aromatic nitrogens is 3. The number of rotatable bonds is 3. The zero-order valence-corrected chi connectivity index (χ0v) is 16.1. The van der Waals surface area contributed by atoms with Crippen LogP contribution in [0.2, 0.25) is 0 Å². The number of aryl methyl sites for hydroxylation is 2. The second-order valence-electron chi connectivity index (χ2n) is 6.27. The zero-order valence-electron chi connectivity index (χ0n) is 14.5. The molecular weight excluding hydrogens is 361 g/mol. The van der Waals surface area contributed by atoms with Gasteiger partial charge in [-0.3, -0.25) is 4.79 Å². The van der Waals surface area contributed by atoms with E-state index in [-0.39, 0.29) is 30.7 Å². The molecule has 0 aliphatic carbocycles. The predicted molar refractivity (Wildman–Crippen MR) is 103 cm³/mol. The lowest BCUT2D eigenvalue weighted by molar-refractivity contribution is 0.0659. The standard InChI is InChI=1S/C17H23N5O.2ClH/c1-12-19-13(2)22(20-12)11-14-5-4-8-21(10-14)17(23)15-6-3-7-16(18)9-15;;/h3,6-7,9,14H,4-5,8,10-11,18H2,1-2H3;2*1H. The quantitative estimate of drug-likeness (QED) is 0.823. The van der Waals surface area contributed by atoms with Gasteiger partial charge in [0.2, 0.25) is 0 Å². The molecule has 1 saturated heterocycles. The van der Waals surface area contributed by atoms with Gasteiger partial charge in [-0.1, -0.05) is 6.07 Å². The van der Waals surface area contributed by atoms with Crippen molar-refractivity contribution in [1.82, 2.24) is 19.7 Å². The van der Waals surface area contributed by atoms with E-state index in [9.17, 15) is 4.79 Å². The maximum Gasteiger partial charge on any atom is 0.253 e. The average molecular weight is 386 g/mol. The van der Waals surface area contributed by atoms with Crippen molar-refractivity contribution in [3.63, 3.8) is 0 Å². The summed E-state index contributed by atoms with van der Waals surface area (Å²) in [6.45, 7) is 6.25. The average Bonchev–Trinajstić information content (AvgIpc) is 2.84. The minimum absolute atomic E-state index is 0. The number of carbonyl (C=O) groups is 1. The van der Waals surface area contributed by atoms with Crippen LogP contribution in [0.25, 0.3) is 0 Å². The predicted octanol–water partition coefficient (Wildman–Crippen LogP) is 2.87. The third kappa shape index (κ3) is 5.09. The molecule has 1 aromatic carbocycles. The van der Waals surface area contributed by atoms with E-state index in [1.165, 1.54) is 0 Å². The lowest BCUT2D eigenvalue weighted by Crippen LogP contribution is -2.41. The molecule has 1 aliphatic heterocycles. The van der Waals surface area contributed by atoms with Crippen molar-refractivity contribution in [2.75, 3.05) is 18.8 Å². The number of benzene rings is 1. The van der Waals surface area contributed by atoms with Gasteiger partial charge < -0.3 is 10.6 Å². The van der Waals surface area contributed by atoms with Gasteiger partial charge in [0.05, 0.1) is 0 Å². The van der Waals surface area contributed by atoms with E-state index in [0.29, 0.717) is 17.2 Å². The van der Waals surface area contributed by atoms with Gasteiger partial charge >= 0.3 is 0 Å². The van der Waals surface area contributed by atoms with Crippen LogP contribution in [-0.4, -0.2) is 38.7 Å². The number of halogens is 2. The molecule has 0 radical (unpaired) electrons. The van der Waals surface area contributed by atoms with Crippen LogP contribution in [0.3, 0.4) is 0 Å². The van der Waals surface area contributed by atoms with Gasteiger partial charge in [0, 0.05) is 30.9 Å². The van der Waals surface area contributed by atoms with Crippen LogP contribution in [-0.2, 0) is 6.54 Å². The first kappa shape index (κ1) is 21.3. The fraction of sp³-hybridized carbons (Fsp3) is 0.471. The van der Waals surface area contributed by atoms with E-state index in [1.54, 1.807) is 12.1 Å². The third-order valence-corrected chi connectivity index (χ3v) is 4.33. The molecule has 3 rings (SSSR count). The molecule has 138 valence electrons. The summed E-state index contributed by atoms with van der Waals surface area (Å²) in [4.78, 5) is 18.9. The normalized spacial score (nSPS) is 16.7. The summed E-state index contributed by atoms with van der Waals surface area (Å²) < 4.78 is 1.95. The van der Waals surface area contributed by atoms with Crippen LogP contribution >= 0.6 is 24.8 Å². The van der Waals surface area contributed by atoms with E-state index in [2.05, 4.69) is 10.1 Å². The topological polar surface area (TPSA) is 77.0 Å².